The lowest BCUT2D eigenvalue weighted by atomic mass is 10.2. The van der Waals surface area contributed by atoms with E-state index in [0.29, 0.717) is 24.7 Å². The van der Waals surface area contributed by atoms with Crippen LogP contribution in [0, 0.1) is 5.92 Å². The molecule has 0 aliphatic heterocycles. The number of furan rings is 1. The van der Waals surface area contributed by atoms with Crippen LogP contribution in [0.2, 0.25) is 0 Å². The zero-order valence-electron chi connectivity index (χ0n) is 12.4. The first kappa shape index (κ1) is 16.0. The highest BCUT2D eigenvalue weighted by Gasteiger charge is 2.36. The van der Waals surface area contributed by atoms with E-state index in [9.17, 15) is 13.2 Å². The van der Waals surface area contributed by atoms with Crippen molar-refractivity contribution in [2.75, 3.05) is 19.3 Å². The fraction of sp³-hybridized carbons (Fsp3) is 0.643. The Labute approximate surface area is 125 Å². The van der Waals surface area contributed by atoms with Gasteiger partial charge >= 0.3 is 0 Å². The molecule has 2 rings (SSSR count). The Hall–Kier alpha value is -1.34. The van der Waals surface area contributed by atoms with Crippen molar-refractivity contribution in [3.8, 4) is 0 Å². The van der Waals surface area contributed by atoms with Crippen molar-refractivity contribution < 1.29 is 17.6 Å². The van der Waals surface area contributed by atoms with Crippen LogP contribution in [0.25, 0.3) is 0 Å². The maximum absolute atomic E-state index is 11.6. The SMILES string of the molecule is C[C@H]1C[C@@H]1c1ccc(CCC(=O)NCCNS(C)(=O)=O)o1. The number of aryl methyl sites for hydroxylation is 1. The number of rotatable bonds is 8. The normalized spacial score (nSPS) is 21.2. The van der Waals surface area contributed by atoms with Gasteiger partial charge in [0.15, 0.2) is 0 Å². The van der Waals surface area contributed by atoms with Gasteiger partial charge in [0.1, 0.15) is 11.5 Å². The lowest BCUT2D eigenvalue weighted by molar-refractivity contribution is -0.121. The highest BCUT2D eigenvalue weighted by atomic mass is 32.2. The molecule has 1 fully saturated rings. The minimum Gasteiger partial charge on any atom is -0.466 e. The molecule has 0 saturated heterocycles. The number of carbonyl (C=O) groups excluding carboxylic acids is 1. The second-order valence-corrected chi connectivity index (χ2v) is 7.47. The van der Waals surface area contributed by atoms with Gasteiger partial charge in [-0.1, -0.05) is 6.92 Å². The van der Waals surface area contributed by atoms with Crippen LogP contribution in [0.5, 0.6) is 0 Å². The molecule has 1 amide bonds. The Kier molecular flexibility index (Phi) is 5.05. The van der Waals surface area contributed by atoms with Crippen molar-refractivity contribution in [2.24, 2.45) is 5.92 Å². The first-order valence-electron chi connectivity index (χ1n) is 7.15. The van der Waals surface area contributed by atoms with E-state index < -0.39 is 10.0 Å². The van der Waals surface area contributed by atoms with Crippen molar-refractivity contribution in [3.05, 3.63) is 23.7 Å². The van der Waals surface area contributed by atoms with Crippen LogP contribution in [-0.4, -0.2) is 33.7 Å². The number of amides is 1. The molecule has 1 saturated carbocycles. The number of sulfonamides is 1. The summed E-state index contributed by atoms with van der Waals surface area (Å²) in [4.78, 5) is 11.6. The summed E-state index contributed by atoms with van der Waals surface area (Å²) in [5.41, 5.74) is 0. The zero-order chi connectivity index (χ0) is 15.5. The van der Waals surface area contributed by atoms with Gasteiger partial charge < -0.3 is 9.73 Å². The molecule has 0 spiro atoms. The summed E-state index contributed by atoms with van der Waals surface area (Å²) in [6.45, 7) is 2.69. The van der Waals surface area contributed by atoms with Gasteiger partial charge in [-0.05, 0) is 24.5 Å². The molecule has 0 bridgehead atoms. The standard InChI is InChI=1S/C14H22N2O4S/c1-10-9-12(10)13-5-3-11(20-13)4-6-14(17)15-7-8-16-21(2,18)19/h3,5,10,12,16H,4,6-9H2,1-2H3,(H,15,17)/t10-,12-/m0/s1. The van der Waals surface area contributed by atoms with Crippen LogP contribution < -0.4 is 10.0 Å². The Balaban J connectivity index is 1.63. The quantitative estimate of drug-likeness (QED) is 0.701. The minimum atomic E-state index is -3.20. The molecule has 1 aliphatic carbocycles. The van der Waals surface area contributed by atoms with E-state index in [4.69, 9.17) is 4.42 Å². The van der Waals surface area contributed by atoms with Crippen LogP contribution in [0.1, 0.15) is 37.2 Å². The van der Waals surface area contributed by atoms with E-state index >= 15 is 0 Å². The Morgan fingerprint density at radius 2 is 2.10 bits per heavy atom. The molecule has 118 valence electrons. The molecule has 1 heterocycles. The molecule has 2 atom stereocenters. The molecule has 1 aromatic heterocycles. The first-order valence-corrected chi connectivity index (χ1v) is 9.04. The second kappa shape index (κ2) is 6.62. The third-order valence-corrected chi connectivity index (χ3v) is 4.30. The molecule has 7 heteroatoms. The van der Waals surface area contributed by atoms with Crippen molar-refractivity contribution in [2.45, 2.75) is 32.1 Å². The van der Waals surface area contributed by atoms with Gasteiger partial charge in [-0.15, -0.1) is 0 Å². The van der Waals surface area contributed by atoms with Crippen molar-refractivity contribution in [1.29, 1.82) is 0 Å². The largest absolute Gasteiger partial charge is 0.466 e. The monoisotopic (exact) mass is 314 g/mol. The van der Waals surface area contributed by atoms with Gasteiger partial charge in [0.2, 0.25) is 15.9 Å². The Morgan fingerprint density at radius 1 is 1.38 bits per heavy atom. The predicted molar refractivity (Wildman–Crippen MR) is 79.4 cm³/mol. The first-order chi connectivity index (χ1) is 9.85. The van der Waals surface area contributed by atoms with Gasteiger partial charge in [0.25, 0.3) is 0 Å². The molecule has 0 aromatic carbocycles. The maximum Gasteiger partial charge on any atom is 0.220 e. The zero-order valence-corrected chi connectivity index (χ0v) is 13.2. The van der Waals surface area contributed by atoms with E-state index in [1.165, 1.54) is 6.42 Å². The number of nitrogens with one attached hydrogen (secondary N) is 2. The van der Waals surface area contributed by atoms with E-state index in [-0.39, 0.29) is 19.0 Å². The van der Waals surface area contributed by atoms with Gasteiger partial charge in [0.05, 0.1) is 6.26 Å². The molecule has 1 aliphatic rings. The van der Waals surface area contributed by atoms with Crippen molar-refractivity contribution in [3.63, 3.8) is 0 Å². The third-order valence-electron chi connectivity index (χ3n) is 3.57. The summed E-state index contributed by atoms with van der Waals surface area (Å²) in [5, 5.41) is 2.67. The molecule has 0 radical (unpaired) electrons. The van der Waals surface area contributed by atoms with Crippen LogP contribution in [0.15, 0.2) is 16.5 Å². The van der Waals surface area contributed by atoms with Crippen molar-refractivity contribution in [1.82, 2.24) is 10.0 Å². The second-order valence-electron chi connectivity index (χ2n) is 5.64. The molecule has 1 aromatic rings. The van der Waals surface area contributed by atoms with E-state index in [0.717, 1.165) is 17.8 Å². The Bertz CT molecular complexity index is 594. The summed E-state index contributed by atoms with van der Waals surface area (Å²) in [6, 6.07) is 3.93. The van der Waals surface area contributed by atoms with Gasteiger partial charge in [-0.2, -0.15) is 0 Å². The summed E-state index contributed by atoms with van der Waals surface area (Å²) >= 11 is 0. The molecule has 21 heavy (non-hydrogen) atoms. The average Bonchev–Trinajstić information content (AvgIpc) is 2.94. The average molecular weight is 314 g/mol. The summed E-state index contributed by atoms with van der Waals surface area (Å²) in [7, 11) is -3.20. The minimum absolute atomic E-state index is 0.108. The highest BCUT2D eigenvalue weighted by Crippen LogP contribution is 2.47. The summed E-state index contributed by atoms with van der Waals surface area (Å²) < 4.78 is 29.7. The molecule has 6 nitrogen and oxygen atoms in total. The lowest BCUT2D eigenvalue weighted by Crippen LogP contribution is -2.34. The van der Waals surface area contributed by atoms with Crippen molar-refractivity contribution >= 4 is 15.9 Å². The molecular weight excluding hydrogens is 292 g/mol. The lowest BCUT2D eigenvalue weighted by Gasteiger charge is -2.05. The van der Waals surface area contributed by atoms with E-state index in [2.05, 4.69) is 17.0 Å². The maximum atomic E-state index is 11.6. The van der Waals surface area contributed by atoms with Crippen LogP contribution in [-0.2, 0) is 21.2 Å². The molecule has 2 N–H and O–H groups in total. The number of carbonyl (C=O) groups is 1. The predicted octanol–water partition coefficient (Wildman–Crippen LogP) is 1.00. The molecular formula is C14H22N2O4S. The van der Waals surface area contributed by atoms with Gasteiger partial charge in [0, 0.05) is 31.8 Å². The summed E-state index contributed by atoms with van der Waals surface area (Å²) in [6.07, 6.45) is 3.17. The fourth-order valence-electron chi connectivity index (χ4n) is 2.21. The Morgan fingerprint density at radius 3 is 2.71 bits per heavy atom. The van der Waals surface area contributed by atoms with E-state index in [1.807, 2.05) is 12.1 Å². The topological polar surface area (TPSA) is 88.4 Å². The fourth-order valence-corrected chi connectivity index (χ4v) is 2.68. The van der Waals surface area contributed by atoms with E-state index in [1.54, 1.807) is 0 Å². The van der Waals surface area contributed by atoms with Crippen LogP contribution in [0.3, 0.4) is 0 Å². The highest BCUT2D eigenvalue weighted by molar-refractivity contribution is 7.88. The third kappa shape index (κ3) is 5.51. The van der Waals surface area contributed by atoms with Gasteiger partial charge in [-0.25, -0.2) is 13.1 Å². The number of hydrogen-bond donors (Lipinski definition) is 2. The van der Waals surface area contributed by atoms with Gasteiger partial charge in [-0.3, -0.25) is 4.79 Å². The van der Waals surface area contributed by atoms with Crippen LogP contribution in [0.4, 0.5) is 0 Å². The van der Waals surface area contributed by atoms with Crippen LogP contribution >= 0.6 is 0 Å². The smallest absolute Gasteiger partial charge is 0.220 e. The molecule has 0 unspecified atom stereocenters. The number of hydrogen-bond acceptors (Lipinski definition) is 4. The summed E-state index contributed by atoms with van der Waals surface area (Å²) in [5.74, 6) is 3.00.